The van der Waals surface area contributed by atoms with Crippen molar-refractivity contribution in [3.05, 3.63) is 54.6 Å². The fourth-order valence-corrected chi connectivity index (χ4v) is 2.97. The normalized spacial score (nSPS) is 11.8. The van der Waals surface area contributed by atoms with Gasteiger partial charge in [-0.1, -0.05) is 19.9 Å². The Morgan fingerprint density at radius 2 is 1.83 bits per heavy atom. The third kappa shape index (κ3) is 5.10. The molecule has 0 aliphatic rings. The highest BCUT2D eigenvalue weighted by Crippen LogP contribution is 2.25. The number of nitrogens with zero attached hydrogens (tertiary/aromatic N) is 4. The maximum Gasteiger partial charge on any atom is 0.269 e. The van der Waals surface area contributed by atoms with Gasteiger partial charge in [0.15, 0.2) is 5.69 Å². The highest BCUT2D eigenvalue weighted by molar-refractivity contribution is 5.98. The molecule has 0 saturated carbocycles. The fraction of sp³-hybridized carbons (Fsp3) is 0.250. The second kappa shape index (κ2) is 9.03. The highest BCUT2D eigenvalue weighted by Gasteiger charge is 2.18. The minimum Gasteiger partial charge on any atom is -0.372 e. The number of primary amides is 2. The van der Waals surface area contributed by atoms with E-state index in [1.54, 1.807) is 18.5 Å². The van der Waals surface area contributed by atoms with Gasteiger partial charge in [0.25, 0.3) is 5.91 Å². The van der Waals surface area contributed by atoms with Gasteiger partial charge >= 0.3 is 0 Å². The molecule has 3 rings (SSSR count). The van der Waals surface area contributed by atoms with Crippen LogP contribution in [0.4, 0.5) is 17.1 Å². The van der Waals surface area contributed by atoms with E-state index in [0.717, 1.165) is 5.69 Å². The molecule has 156 valence electrons. The third-order valence-electron chi connectivity index (χ3n) is 4.29. The number of aromatic nitrogens is 4. The summed E-state index contributed by atoms with van der Waals surface area (Å²) in [7, 11) is 0. The molecule has 10 nitrogen and oxygen atoms in total. The molecule has 1 unspecified atom stereocenters. The second-order valence-corrected chi connectivity index (χ2v) is 7.21. The predicted molar refractivity (Wildman–Crippen MR) is 113 cm³/mol. The van der Waals surface area contributed by atoms with Gasteiger partial charge < -0.3 is 22.1 Å². The Bertz CT molecular complexity index is 1030. The van der Waals surface area contributed by atoms with Crippen LogP contribution in [0.3, 0.4) is 0 Å². The first-order valence-electron chi connectivity index (χ1n) is 9.43. The molecule has 0 spiro atoms. The van der Waals surface area contributed by atoms with Crippen LogP contribution in [0.1, 0.15) is 30.8 Å². The number of pyridine rings is 1. The molecule has 0 aliphatic carbocycles. The van der Waals surface area contributed by atoms with Gasteiger partial charge in [0.1, 0.15) is 6.04 Å². The number of nitrogens with one attached hydrogen (secondary N) is 2. The summed E-state index contributed by atoms with van der Waals surface area (Å²) in [6.45, 7) is 4.00. The van der Waals surface area contributed by atoms with E-state index in [2.05, 4.69) is 25.8 Å². The summed E-state index contributed by atoms with van der Waals surface area (Å²) in [4.78, 5) is 29.3. The molecular weight excluding hydrogens is 384 g/mol. The molecule has 2 amide bonds. The fourth-order valence-electron chi connectivity index (χ4n) is 2.97. The van der Waals surface area contributed by atoms with Gasteiger partial charge in [-0.3, -0.25) is 9.59 Å². The number of nitrogens with two attached hydrogens (primary N) is 2. The van der Waals surface area contributed by atoms with Gasteiger partial charge in [-0.05, 0) is 36.6 Å². The lowest BCUT2D eigenvalue weighted by atomic mass is 10.0. The lowest BCUT2D eigenvalue weighted by Gasteiger charge is -2.19. The average molecular weight is 408 g/mol. The van der Waals surface area contributed by atoms with Crippen LogP contribution >= 0.6 is 0 Å². The summed E-state index contributed by atoms with van der Waals surface area (Å²) in [6.07, 6.45) is 5.17. The van der Waals surface area contributed by atoms with Crippen molar-refractivity contribution in [3.8, 4) is 5.69 Å². The molecule has 1 atom stereocenters. The zero-order valence-electron chi connectivity index (χ0n) is 16.7. The van der Waals surface area contributed by atoms with Gasteiger partial charge in [-0.25, -0.2) is 4.98 Å². The van der Waals surface area contributed by atoms with Gasteiger partial charge in [0, 0.05) is 5.69 Å². The number of carbonyl (C=O) groups is 2. The number of anilines is 3. The van der Waals surface area contributed by atoms with Crippen LogP contribution in [-0.4, -0.2) is 37.8 Å². The number of hydrogen-bond acceptors (Lipinski definition) is 7. The maximum atomic E-state index is 11.9. The molecule has 30 heavy (non-hydrogen) atoms. The summed E-state index contributed by atoms with van der Waals surface area (Å²) in [5.74, 6) is -0.872. The number of hydrogen-bond donors (Lipinski definition) is 4. The number of benzene rings is 1. The van der Waals surface area contributed by atoms with Gasteiger partial charge in [0.05, 0.1) is 35.7 Å². The number of amides is 2. The standard InChI is InChI=1S/C20H24N8O2/c1-12(2)8-17(19(21)29)27-14-10-16(18(20(22)30)23-11-14)26-13-4-3-5-15(9-13)28-24-6-7-25-28/h3-7,9-12,17,26-27H,8H2,1-2H3,(H2,21,29)(H2,22,30). The van der Waals surface area contributed by atoms with E-state index in [0.29, 0.717) is 23.5 Å². The van der Waals surface area contributed by atoms with Crippen LogP contribution in [0.15, 0.2) is 48.9 Å². The molecule has 0 saturated heterocycles. The predicted octanol–water partition coefficient (Wildman–Crippen LogP) is 1.82. The Labute approximate surface area is 173 Å². The first-order chi connectivity index (χ1) is 14.3. The van der Waals surface area contributed by atoms with Crippen molar-refractivity contribution in [1.82, 2.24) is 20.0 Å². The molecule has 0 aliphatic heterocycles. The zero-order valence-corrected chi connectivity index (χ0v) is 16.7. The Morgan fingerprint density at radius 1 is 1.10 bits per heavy atom. The molecule has 6 N–H and O–H groups in total. The van der Waals surface area contributed by atoms with E-state index in [4.69, 9.17) is 11.5 Å². The molecule has 3 aromatic rings. The largest absolute Gasteiger partial charge is 0.372 e. The Hall–Kier alpha value is -3.95. The van der Waals surface area contributed by atoms with E-state index in [1.807, 2.05) is 38.1 Å². The van der Waals surface area contributed by atoms with Crippen LogP contribution in [0, 0.1) is 5.92 Å². The molecule has 0 fully saturated rings. The Kier molecular flexibility index (Phi) is 6.26. The van der Waals surface area contributed by atoms with E-state index >= 15 is 0 Å². The second-order valence-electron chi connectivity index (χ2n) is 7.21. The average Bonchev–Trinajstić information content (AvgIpc) is 3.22. The van der Waals surface area contributed by atoms with E-state index in [1.165, 1.54) is 11.0 Å². The quantitative estimate of drug-likeness (QED) is 0.421. The van der Waals surface area contributed by atoms with Crippen molar-refractivity contribution in [3.63, 3.8) is 0 Å². The zero-order chi connectivity index (χ0) is 21.7. The Morgan fingerprint density at radius 3 is 2.47 bits per heavy atom. The summed E-state index contributed by atoms with van der Waals surface area (Å²) in [5, 5.41) is 14.4. The molecule has 10 heteroatoms. The lowest BCUT2D eigenvalue weighted by Crippen LogP contribution is -2.36. The van der Waals surface area contributed by atoms with Crippen LogP contribution in [-0.2, 0) is 4.79 Å². The summed E-state index contributed by atoms with van der Waals surface area (Å²) in [5.41, 5.74) is 13.4. The van der Waals surface area contributed by atoms with Crippen molar-refractivity contribution in [1.29, 1.82) is 0 Å². The van der Waals surface area contributed by atoms with Crippen LogP contribution in [0.5, 0.6) is 0 Å². The molecule has 2 aromatic heterocycles. The maximum absolute atomic E-state index is 11.9. The molecule has 0 radical (unpaired) electrons. The lowest BCUT2D eigenvalue weighted by molar-refractivity contribution is -0.119. The SMILES string of the molecule is CC(C)CC(Nc1cnc(C(N)=O)c(Nc2cccc(-n3nccn3)c2)c1)C(N)=O. The minimum absolute atomic E-state index is 0.0719. The van der Waals surface area contributed by atoms with E-state index < -0.39 is 17.9 Å². The summed E-state index contributed by atoms with van der Waals surface area (Å²) in [6, 6.07) is 8.42. The van der Waals surface area contributed by atoms with Crippen molar-refractivity contribution in [2.24, 2.45) is 17.4 Å². The van der Waals surface area contributed by atoms with E-state index in [9.17, 15) is 9.59 Å². The third-order valence-corrected chi connectivity index (χ3v) is 4.29. The highest BCUT2D eigenvalue weighted by atomic mass is 16.1. The smallest absolute Gasteiger partial charge is 0.269 e. The van der Waals surface area contributed by atoms with Crippen molar-refractivity contribution < 1.29 is 9.59 Å². The molecule has 1 aromatic carbocycles. The van der Waals surface area contributed by atoms with Crippen molar-refractivity contribution in [2.75, 3.05) is 10.6 Å². The Balaban J connectivity index is 1.89. The first kappa shape index (κ1) is 20.8. The van der Waals surface area contributed by atoms with Gasteiger partial charge in [-0.15, -0.1) is 0 Å². The van der Waals surface area contributed by atoms with E-state index in [-0.39, 0.29) is 11.6 Å². The molecule has 0 bridgehead atoms. The van der Waals surface area contributed by atoms with Crippen LogP contribution in [0.25, 0.3) is 5.69 Å². The van der Waals surface area contributed by atoms with Crippen LogP contribution < -0.4 is 22.1 Å². The molecule has 2 heterocycles. The summed E-state index contributed by atoms with van der Waals surface area (Å²) >= 11 is 0. The minimum atomic E-state index is -0.678. The van der Waals surface area contributed by atoms with Crippen molar-refractivity contribution in [2.45, 2.75) is 26.3 Å². The van der Waals surface area contributed by atoms with Gasteiger partial charge in [-0.2, -0.15) is 15.0 Å². The monoisotopic (exact) mass is 408 g/mol. The topological polar surface area (TPSA) is 154 Å². The van der Waals surface area contributed by atoms with Gasteiger partial charge in [0.2, 0.25) is 5.91 Å². The van der Waals surface area contributed by atoms with Crippen LogP contribution in [0.2, 0.25) is 0 Å². The summed E-state index contributed by atoms with van der Waals surface area (Å²) < 4.78 is 0. The molecular formula is C20H24N8O2. The first-order valence-corrected chi connectivity index (χ1v) is 9.43. The number of rotatable bonds is 9. The number of carbonyl (C=O) groups excluding carboxylic acids is 2. The van der Waals surface area contributed by atoms with Crippen molar-refractivity contribution >= 4 is 28.9 Å².